The molecule has 2 nitrogen and oxygen atoms in total. The van der Waals surface area contributed by atoms with Gasteiger partial charge in [0.1, 0.15) is 5.76 Å². The molecule has 0 radical (unpaired) electrons. The van der Waals surface area contributed by atoms with Gasteiger partial charge in [0.2, 0.25) is 0 Å². The van der Waals surface area contributed by atoms with Crippen LogP contribution >= 0.6 is 0 Å². The van der Waals surface area contributed by atoms with Crippen LogP contribution in [-0.4, -0.2) is 0 Å². The molecule has 2 heteroatoms. The largest absolute Gasteiger partial charge is 0.464 e. The van der Waals surface area contributed by atoms with Gasteiger partial charge in [-0.25, -0.2) is 0 Å². The molecule has 1 heterocycles. The summed E-state index contributed by atoms with van der Waals surface area (Å²) < 4.78 is 5.34. The lowest BCUT2D eigenvalue weighted by atomic mass is 9.85. The molecule has 2 rings (SSSR count). The van der Waals surface area contributed by atoms with Crippen molar-refractivity contribution < 1.29 is 4.42 Å². The summed E-state index contributed by atoms with van der Waals surface area (Å²) in [5.41, 5.74) is 2.72. The average molecular weight is 225 g/mol. The van der Waals surface area contributed by atoms with Gasteiger partial charge in [0.05, 0.1) is 17.9 Å². The third kappa shape index (κ3) is 2.24. The van der Waals surface area contributed by atoms with Gasteiger partial charge < -0.3 is 4.42 Å². The Kier molecular flexibility index (Phi) is 2.77. The second-order valence-electron chi connectivity index (χ2n) is 5.10. The Morgan fingerprint density at radius 2 is 1.94 bits per heavy atom. The molecule has 86 valence electrons. The van der Waals surface area contributed by atoms with Crippen molar-refractivity contribution >= 4 is 0 Å². The Bertz CT molecular complexity index is 554. The summed E-state index contributed by atoms with van der Waals surface area (Å²) in [7, 11) is 0. The average Bonchev–Trinajstić information content (AvgIpc) is 2.80. The molecule has 0 saturated carbocycles. The Balaban J connectivity index is 2.55. The second-order valence-corrected chi connectivity index (χ2v) is 5.10. The molecule has 0 aliphatic heterocycles. The zero-order valence-electron chi connectivity index (χ0n) is 10.3. The lowest BCUT2D eigenvalue weighted by Crippen LogP contribution is -2.11. The third-order valence-corrected chi connectivity index (χ3v) is 2.79. The quantitative estimate of drug-likeness (QED) is 0.732. The number of nitriles is 1. The number of hydrogen-bond acceptors (Lipinski definition) is 2. The highest BCUT2D eigenvalue weighted by atomic mass is 16.3. The van der Waals surface area contributed by atoms with Gasteiger partial charge in [0, 0.05) is 5.56 Å². The van der Waals surface area contributed by atoms with E-state index in [-0.39, 0.29) is 5.41 Å². The number of nitrogens with zero attached hydrogens (tertiary/aromatic N) is 1. The standard InChI is InChI=1S/C15H15NO/c1-15(2,3)12-6-7-13(11(9-12)10-16)14-5-4-8-17-14/h4-9H,1-3H3. The van der Waals surface area contributed by atoms with Gasteiger partial charge in [0.25, 0.3) is 0 Å². The number of benzene rings is 1. The first-order valence-electron chi connectivity index (χ1n) is 5.61. The lowest BCUT2D eigenvalue weighted by Gasteiger charge is -2.19. The van der Waals surface area contributed by atoms with Crippen LogP contribution in [0.5, 0.6) is 0 Å². The van der Waals surface area contributed by atoms with Crippen LogP contribution in [0, 0.1) is 11.3 Å². The molecule has 0 aliphatic carbocycles. The van der Waals surface area contributed by atoms with Gasteiger partial charge >= 0.3 is 0 Å². The second kappa shape index (κ2) is 4.10. The molecule has 0 bridgehead atoms. The fourth-order valence-corrected chi connectivity index (χ4v) is 1.75. The molecule has 0 fully saturated rings. The molecule has 0 spiro atoms. The smallest absolute Gasteiger partial charge is 0.135 e. The topological polar surface area (TPSA) is 36.9 Å². The maximum absolute atomic E-state index is 9.22. The van der Waals surface area contributed by atoms with Crippen LogP contribution in [-0.2, 0) is 5.41 Å². The van der Waals surface area contributed by atoms with Crippen molar-refractivity contribution in [2.24, 2.45) is 0 Å². The van der Waals surface area contributed by atoms with Gasteiger partial charge in [-0.15, -0.1) is 0 Å². The molecule has 1 aromatic carbocycles. The maximum Gasteiger partial charge on any atom is 0.135 e. The predicted octanol–water partition coefficient (Wildman–Crippen LogP) is 4.12. The van der Waals surface area contributed by atoms with E-state index in [1.54, 1.807) is 6.26 Å². The summed E-state index contributed by atoms with van der Waals surface area (Å²) in [5.74, 6) is 0.738. The van der Waals surface area contributed by atoms with E-state index in [2.05, 4.69) is 32.9 Å². The Morgan fingerprint density at radius 1 is 1.18 bits per heavy atom. The fraction of sp³-hybridized carbons (Fsp3) is 0.267. The SMILES string of the molecule is CC(C)(C)c1ccc(-c2ccco2)c(C#N)c1. The fourth-order valence-electron chi connectivity index (χ4n) is 1.75. The van der Waals surface area contributed by atoms with Crippen molar-refractivity contribution in [1.29, 1.82) is 5.26 Å². The van der Waals surface area contributed by atoms with Crippen LogP contribution in [0.15, 0.2) is 41.0 Å². The van der Waals surface area contributed by atoms with Crippen molar-refractivity contribution in [1.82, 2.24) is 0 Å². The van der Waals surface area contributed by atoms with Gasteiger partial charge in [-0.05, 0) is 35.2 Å². The molecule has 17 heavy (non-hydrogen) atoms. The molecule has 2 aromatic rings. The summed E-state index contributed by atoms with van der Waals surface area (Å²) in [6.45, 7) is 6.40. The minimum Gasteiger partial charge on any atom is -0.464 e. The molecule has 0 N–H and O–H groups in total. The van der Waals surface area contributed by atoms with E-state index in [4.69, 9.17) is 4.42 Å². The predicted molar refractivity (Wildman–Crippen MR) is 67.6 cm³/mol. The van der Waals surface area contributed by atoms with E-state index in [0.29, 0.717) is 5.56 Å². The van der Waals surface area contributed by atoms with Crippen LogP contribution < -0.4 is 0 Å². The Hall–Kier alpha value is -2.01. The molecule has 0 amide bonds. The zero-order valence-corrected chi connectivity index (χ0v) is 10.3. The van der Waals surface area contributed by atoms with Gasteiger partial charge in [-0.1, -0.05) is 26.8 Å². The minimum absolute atomic E-state index is 0.0489. The van der Waals surface area contributed by atoms with E-state index in [1.165, 1.54) is 0 Å². The minimum atomic E-state index is 0.0489. The first-order chi connectivity index (χ1) is 8.02. The molecular weight excluding hydrogens is 210 g/mol. The van der Waals surface area contributed by atoms with E-state index in [1.807, 2.05) is 24.3 Å². The van der Waals surface area contributed by atoms with E-state index in [0.717, 1.165) is 16.9 Å². The van der Waals surface area contributed by atoms with Crippen molar-refractivity contribution in [2.75, 3.05) is 0 Å². The summed E-state index contributed by atoms with van der Waals surface area (Å²) >= 11 is 0. The lowest BCUT2D eigenvalue weighted by molar-refractivity contribution is 0.580. The van der Waals surface area contributed by atoms with Crippen molar-refractivity contribution in [2.45, 2.75) is 26.2 Å². The van der Waals surface area contributed by atoms with Crippen molar-refractivity contribution in [3.63, 3.8) is 0 Å². The Morgan fingerprint density at radius 3 is 2.47 bits per heavy atom. The van der Waals surface area contributed by atoms with Gasteiger partial charge in [0.15, 0.2) is 0 Å². The zero-order chi connectivity index (χ0) is 12.5. The number of furan rings is 1. The summed E-state index contributed by atoms with van der Waals surface area (Å²) in [4.78, 5) is 0. The monoisotopic (exact) mass is 225 g/mol. The molecule has 0 atom stereocenters. The van der Waals surface area contributed by atoms with E-state index >= 15 is 0 Å². The number of rotatable bonds is 1. The maximum atomic E-state index is 9.22. The molecule has 0 saturated heterocycles. The van der Waals surface area contributed by atoms with Crippen LogP contribution in [0.2, 0.25) is 0 Å². The van der Waals surface area contributed by atoms with E-state index < -0.39 is 0 Å². The molecule has 0 aliphatic rings. The summed E-state index contributed by atoms with van der Waals surface area (Å²) in [6, 6.07) is 11.9. The summed E-state index contributed by atoms with van der Waals surface area (Å²) in [6.07, 6.45) is 1.62. The molecule has 1 aromatic heterocycles. The van der Waals surface area contributed by atoms with Crippen molar-refractivity contribution in [3.8, 4) is 17.4 Å². The Labute approximate surface area is 102 Å². The highest BCUT2D eigenvalue weighted by molar-refractivity contribution is 5.66. The van der Waals surface area contributed by atoms with Gasteiger partial charge in [-0.2, -0.15) is 5.26 Å². The van der Waals surface area contributed by atoms with E-state index in [9.17, 15) is 5.26 Å². The van der Waals surface area contributed by atoms with Crippen LogP contribution in [0.1, 0.15) is 31.9 Å². The van der Waals surface area contributed by atoms with Gasteiger partial charge in [-0.3, -0.25) is 0 Å². The van der Waals surface area contributed by atoms with Crippen LogP contribution in [0.4, 0.5) is 0 Å². The normalized spacial score (nSPS) is 11.2. The molecular formula is C15H15NO. The van der Waals surface area contributed by atoms with Crippen molar-refractivity contribution in [3.05, 3.63) is 47.7 Å². The highest BCUT2D eigenvalue weighted by Gasteiger charge is 2.16. The molecule has 0 unspecified atom stereocenters. The number of hydrogen-bond donors (Lipinski definition) is 0. The van der Waals surface area contributed by atoms with Crippen LogP contribution in [0.25, 0.3) is 11.3 Å². The van der Waals surface area contributed by atoms with Crippen LogP contribution in [0.3, 0.4) is 0 Å². The highest BCUT2D eigenvalue weighted by Crippen LogP contribution is 2.29. The summed E-state index contributed by atoms with van der Waals surface area (Å²) in [5, 5.41) is 9.22. The third-order valence-electron chi connectivity index (χ3n) is 2.79. The first-order valence-corrected chi connectivity index (χ1v) is 5.61. The first kappa shape index (κ1) is 11.5.